The minimum absolute atomic E-state index is 0.0338. The van der Waals surface area contributed by atoms with E-state index in [-0.39, 0.29) is 23.7 Å². The van der Waals surface area contributed by atoms with Crippen LogP contribution in [0.1, 0.15) is 43.7 Å². The van der Waals surface area contributed by atoms with Crippen molar-refractivity contribution in [3.63, 3.8) is 0 Å². The summed E-state index contributed by atoms with van der Waals surface area (Å²) < 4.78 is 5.03. The number of nitrogens with one attached hydrogen (secondary N) is 1. The second-order valence-electron chi connectivity index (χ2n) is 7.66. The molecule has 5 nitrogen and oxygen atoms in total. The summed E-state index contributed by atoms with van der Waals surface area (Å²) in [5.41, 5.74) is 2.33. The summed E-state index contributed by atoms with van der Waals surface area (Å²) >= 11 is 0. The first kappa shape index (κ1) is 20.4. The Morgan fingerprint density at radius 1 is 1.23 bits per heavy atom. The van der Waals surface area contributed by atoms with E-state index in [1.165, 1.54) is 5.56 Å². The third-order valence-electron chi connectivity index (χ3n) is 4.92. The molecule has 1 saturated heterocycles. The van der Waals surface area contributed by atoms with Gasteiger partial charge in [-0.1, -0.05) is 43.7 Å². The minimum Gasteiger partial charge on any atom is -0.385 e. The van der Waals surface area contributed by atoms with Gasteiger partial charge in [-0.2, -0.15) is 0 Å². The lowest BCUT2D eigenvalue weighted by Crippen LogP contribution is -2.36. The number of likely N-dealkylation sites (tertiary alicyclic amines) is 1. The van der Waals surface area contributed by atoms with Gasteiger partial charge in [0.25, 0.3) is 0 Å². The van der Waals surface area contributed by atoms with Crippen LogP contribution in [-0.4, -0.2) is 50.1 Å². The molecule has 0 aromatic heterocycles. The Kier molecular flexibility index (Phi) is 7.64. The van der Waals surface area contributed by atoms with Crippen molar-refractivity contribution in [3.8, 4) is 0 Å². The fourth-order valence-electron chi connectivity index (χ4n) is 3.46. The van der Waals surface area contributed by atoms with Crippen LogP contribution in [0.3, 0.4) is 0 Å². The third kappa shape index (κ3) is 5.56. The Bertz CT molecular complexity index is 598. The van der Waals surface area contributed by atoms with Crippen LogP contribution in [0.15, 0.2) is 24.3 Å². The first-order valence-electron chi connectivity index (χ1n) is 9.53. The molecule has 2 amide bonds. The van der Waals surface area contributed by atoms with Crippen molar-refractivity contribution in [2.75, 3.05) is 33.4 Å². The summed E-state index contributed by atoms with van der Waals surface area (Å²) in [6.07, 6.45) is 1.32. The van der Waals surface area contributed by atoms with E-state index in [9.17, 15) is 9.59 Å². The van der Waals surface area contributed by atoms with Crippen LogP contribution >= 0.6 is 0 Å². The molecular formula is C21H32N2O3. The third-order valence-corrected chi connectivity index (χ3v) is 4.92. The van der Waals surface area contributed by atoms with Crippen molar-refractivity contribution >= 4 is 11.8 Å². The number of hydrogen-bond acceptors (Lipinski definition) is 3. The summed E-state index contributed by atoms with van der Waals surface area (Å²) in [5.74, 6) is 0.353. The molecule has 144 valence electrons. The molecule has 0 bridgehead atoms. The quantitative estimate of drug-likeness (QED) is 0.725. The van der Waals surface area contributed by atoms with Crippen LogP contribution in [0, 0.1) is 18.8 Å². The summed E-state index contributed by atoms with van der Waals surface area (Å²) in [5, 5.41) is 3.01. The van der Waals surface area contributed by atoms with E-state index in [1.54, 1.807) is 7.11 Å². The molecule has 1 fully saturated rings. The van der Waals surface area contributed by atoms with Gasteiger partial charge in [-0.3, -0.25) is 9.59 Å². The number of amides is 2. The highest BCUT2D eigenvalue weighted by Gasteiger charge is 2.40. The maximum atomic E-state index is 12.8. The van der Waals surface area contributed by atoms with Crippen LogP contribution in [0.5, 0.6) is 0 Å². The largest absolute Gasteiger partial charge is 0.385 e. The maximum absolute atomic E-state index is 12.8. The molecule has 1 N–H and O–H groups in total. The number of benzene rings is 1. The Balaban J connectivity index is 2.10. The number of ether oxygens (including phenoxy) is 1. The zero-order valence-corrected chi connectivity index (χ0v) is 16.5. The van der Waals surface area contributed by atoms with Gasteiger partial charge < -0.3 is 15.0 Å². The zero-order valence-electron chi connectivity index (χ0n) is 16.5. The lowest BCUT2D eigenvalue weighted by atomic mass is 9.88. The van der Waals surface area contributed by atoms with E-state index in [4.69, 9.17) is 4.74 Å². The summed E-state index contributed by atoms with van der Waals surface area (Å²) in [6.45, 7) is 8.49. The number of rotatable bonds is 8. The number of hydrogen-bond donors (Lipinski definition) is 1. The summed E-state index contributed by atoms with van der Waals surface area (Å²) in [7, 11) is 1.66. The molecular weight excluding hydrogens is 328 g/mol. The van der Waals surface area contributed by atoms with Crippen molar-refractivity contribution in [1.82, 2.24) is 10.2 Å². The van der Waals surface area contributed by atoms with Crippen molar-refractivity contribution < 1.29 is 14.3 Å². The monoisotopic (exact) mass is 360 g/mol. The molecule has 5 heteroatoms. The van der Waals surface area contributed by atoms with Crippen LogP contribution in [-0.2, 0) is 14.3 Å². The van der Waals surface area contributed by atoms with Gasteiger partial charge >= 0.3 is 0 Å². The highest BCUT2D eigenvalue weighted by molar-refractivity contribution is 5.83. The van der Waals surface area contributed by atoms with E-state index >= 15 is 0 Å². The lowest BCUT2D eigenvalue weighted by molar-refractivity contribution is -0.131. The van der Waals surface area contributed by atoms with E-state index in [0.29, 0.717) is 38.6 Å². The number of methoxy groups -OCH3 is 1. The van der Waals surface area contributed by atoms with Crippen LogP contribution in [0.2, 0.25) is 0 Å². The van der Waals surface area contributed by atoms with Crippen molar-refractivity contribution in [1.29, 1.82) is 0 Å². The van der Waals surface area contributed by atoms with Gasteiger partial charge in [0.1, 0.15) is 0 Å². The number of carbonyl (C=O) groups excluding carboxylic acids is 2. The normalized spacial score (nSPS) is 19.8. The van der Waals surface area contributed by atoms with Gasteiger partial charge in [-0.15, -0.1) is 0 Å². The van der Waals surface area contributed by atoms with Crippen molar-refractivity contribution in [3.05, 3.63) is 35.4 Å². The number of aryl methyl sites for hydroxylation is 1. The molecule has 0 aliphatic carbocycles. The standard InChI is InChI=1S/C21H32N2O3/c1-15(2)12-20(24)23-13-18(17-8-6-16(3)7-9-17)19(14-23)21(25)22-10-5-11-26-4/h6-9,15,18-19H,5,10-14H2,1-4H3,(H,22,25)/t18-,19-/m0/s1. The highest BCUT2D eigenvalue weighted by Crippen LogP contribution is 2.33. The first-order chi connectivity index (χ1) is 12.4. The molecule has 1 aromatic rings. The fraction of sp³-hybridized carbons (Fsp3) is 0.619. The molecule has 1 aliphatic heterocycles. The molecule has 0 unspecified atom stereocenters. The predicted molar refractivity (Wildman–Crippen MR) is 103 cm³/mol. The molecule has 0 saturated carbocycles. The van der Waals surface area contributed by atoms with Gasteiger partial charge in [0.2, 0.25) is 11.8 Å². The number of nitrogens with zero attached hydrogens (tertiary/aromatic N) is 1. The van der Waals surface area contributed by atoms with Gasteiger partial charge in [0, 0.05) is 45.7 Å². The number of carbonyl (C=O) groups is 2. The lowest BCUT2D eigenvalue weighted by Gasteiger charge is -2.18. The van der Waals surface area contributed by atoms with E-state index < -0.39 is 0 Å². The average molecular weight is 360 g/mol. The molecule has 1 heterocycles. The molecule has 26 heavy (non-hydrogen) atoms. The predicted octanol–water partition coefficient (Wildman–Crippen LogP) is 2.74. The zero-order chi connectivity index (χ0) is 19.1. The first-order valence-corrected chi connectivity index (χ1v) is 9.53. The molecule has 2 atom stereocenters. The van der Waals surface area contributed by atoms with E-state index in [2.05, 4.69) is 36.5 Å². The summed E-state index contributed by atoms with van der Waals surface area (Å²) in [6, 6.07) is 8.31. The van der Waals surface area contributed by atoms with Gasteiger partial charge in [-0.05, 0) is 24.8 Å². The smallest absolute Gasteiger partial charge is 0.225 e. The second-order valence-corrected chi connectivity index (χ2v) is 7.66. The SMILES string of the molecule is COCCCNC(=O)[C@H]1CN(C(=O)CC(C)C)C[C@H]1c1ccc(C)cc1. The Labute approximate surface area is 157 Å². The topological polar surface area (TPSA) is 58.6 Å². The maximum Gasteiger partial charge on any atom is 0.225 e. The second kappa shape index (κ2) is 9.72. The van der Waals surface area contributed by atoms with E-state index in [1.807, 2.05) is 18.7 Å². The molecule has 1 aromatic carbocycles. The molecule has 0 spiro atoms. The van der Waals surface area contributed by atoms with Crippen LogP contribution < -0.4 is 5.32 Å². The fourth-order valence-corrected chi connectivity index (χ4v) is 3.46. The van der Waals surface area contributed by atoms with Gasteiger partial charge in [0.05, 0.1) is 5.92 Å². The van der Waals surface area contributed by atoms with Crippen molar-refractivity contribution in [2.24, 2.45) is 11.8 Å². The Morgan fingerprint density at radius 3 is 2.54 bits per heavy atom. The van der Waals surface area contributed by atoms with Crippen LogP contribution in [0.25, 0.3) is 0 Å². The summed E-state index contributed by atoms with van der Waals surface area (Å²) in [4.78, 5) is 27.2. The molecule has 0 radical (unpaired) electrons. The van der Waals surface area contributed by atoms with Crippen molar-refractivity contribution in [2.45, 2.75) is 39.5 Å². The van der Waals surface area contributed by atoms with E-state index in [0.717, 1.165) is 12.0 Å². The van der Waals surface area contributed by atoms with Gasteiger partial charge in [0.15, 0.2) is 0 Å². The van der Waals surface area contributed by atoms with Crippen LogP contribution in [0.4, 0.5) is 0 Å². The molecule has 1 aliphatic rings. The Hall–Kier alpha value is -1.88. The van der Waals surface area contributed by atoms with Gasteiger partial charge in [-0.25, -0.2) is 0 Å². The highest BCUT2D eigenvalue weighted by atomic mass is 16.5. The minimum atomic E-state index is -0.198. The molecule has 2 rings (SSSR count). The average Bonchev–Trinajstić information content (AvgIpc) is 3.04. The Morgan fingerprint density at radius 2 is 1.92 bits per heavy atom.